The molecule has 10 heteroatoms. The molecule has 1 fully saturated rings. The van der Waals surface area contributed by atoms with E-state index in [1.807, 2.05) is 61.5 Å². The predicted octanol–water partition coefficient (Wildman–Crippen LogP) is 4.24. The number of amides is 1. The van der Waals surface area contributed by atoms with Crippen LogP contribution in [0, 0.1) is 0 Å². The first-order valence-electron chi connectivity index (χ1n) is 14.1. The van der Waals surface area contributed by atoms with E-state index in [2.05, 4.69) is 16.0 Å². The largest absolute Gasteiger partial charge is 0.390 e. The maximum atomic E-state index is 13.6. The van der Waals surface area contributed by atoms with Crippen molar-refractivity contribution in [3.63, 3.8) is 0 Å². The van der Waals surface area contributed by atoms with E-state index in [4.69, 9.17) is 11.6 Å². The highest BCUT2D eigenvalue weighted by molar-refractivity contribution is 7.92. The average Bonchev–Trinajstić information content (AvgIpc) is 2.95. The molecule has 1 heterocycles. The lowest BCUT2D eigenvalue weighted by Gasteiger charge is -2.29. The van der Waals surface area contributed by atoms with Crippen molar-refractivity contribution in [2.75, 3.05) is 41.6 Å². The Morgan fingerprint density at radius 2 is 1.80 bits per heavy atom. The summed E-state index contributed by atoms with van der Waals surface area (Å²) in [4.78, 5) is 13.6. The first-order valence-corrected chi connectivity index (χ1v) is 16.1. The second kappa shape index (κ2) is 14.7. The number of benzene rings is 3. The van der Waals surface area contributed by atoms with E-state index >= 15 is 0 Å². The van der Waals surface area contributed by atoms with Crippen molar-refractivity contribution in [3.8, 4) is 0 Å². The Balaban J connectivity index is 1.49. The molecule has 3 aromatic rings. The summed E-state index contributed by atoms with van der Waals surface area (Å²) in [6.45, 7) is 3.87. The molecular weight excluding hydrogens is 560 g/mol. The van der Waals surface area contributed by atoms with E-state index in [1.54, 1.807) is 18.2 Å². The molecule has 0 aliphatic carbocycles. The smallest absolute Gasteiger partial charge is 0.251 e. The van der Waals surface area contributed by atoms with Gasteiger partial charge in [-0.15, -0.1) is 0 Å². The fourth-order valence-corrected chi connectivity index (χ4v) is 6.83. The summed E-state index contributed by atoms with van der Waals surface area (Å²) < 4.78 is 27.0. The van der Waals surface area contributed by atoms with Crippen LogP contribution in [0.5, 0.6) is 0 Å². The molecule has 0 spiro atoms. The number of nitrogens with one attached hydrogen (secondary N) is 3. The standard InChI is InChI=1S/C31H39ClN4O4S/c1-2-34-27-19-25(20-28(21-27)36-15-6-7-16-41(36,39)40)31(38)35-29(18-23-9-4-3-5-10-23)30(37)22-33-14-13-24-11-8-12-26(32)17-24/h3-5,8-12,17,19-21,29-30,33-34,37H,2,6-7,13-16,18,22H2,1H3,(H,35,38)/t29-,30+/m0/s1. The topological polar surface area (TPSA) is 111 Å². The van der Waals surface area contributed by atoms with E-state index < -0.39 is 22.2 Å². The number of aliphatic hydroxyl groups is 1. The molecule has 1 aliphatic heterocycles. The Morgan fingerprint density at radius 1 is 1.02 bits per heavy atom. The molecule has 4 N–H and O–H groups in total. The molecule has 0 bridgehead atoms. The van der Waals surface area contributed by atoms with Gasteiger partial charge < -0.3 is 21.1 Å². The Hall–Kier alpha value is -3.11. The van der Waals surface area contributed by atoms with E-state index in [-0.39, 0.29) is 18.2 Å². The third-order valence-electron chi connectivity index (χ3n) is 7.11. The number of nitrogens with zero attached hydrogens (tertiary/aromatic N) is 1. The second-order valence-electron chi connectivity index (χ2n) is 10.3. The van der Waals surface area contributed by atoms with Crippen LogP contribution >= 0.6 is 11.6 Å². The molecule has 1 saturated heterocycles. The Morgan fingerprint density at radius 3 is 2.54 bits per heavy atom. The van der Waals surface area contributed by atoms with Gasteiger partial charge in [-0.3, -0.25) is 9.10 Å². The van der Waals surface area contributed by atoms with Gasteiger partial charge in [0.2, 0.25) is 10.0 Å². The molecule has 0 unspecified atom stereocenters. The van der Waals surface area contributed by atoms with Crippen LogP contribution in [0.25, 0.3) is 0 Å². The molecule has 0 radical (unpaired) electrons. The number of carbonyl (C=O) groups is 1. The van der Waals surface area contributed by atoms with Crippen LogP contribution in [-0.4, -0.2) is 63.5 Å². The minimum atomic E-state index is -3.45. The lowest BCUT2D eigenvalue weighted by atomic mass is 10.00. The highest BCUT2D eigenvalue weighted by Crippen LogP contribution is 2.28. The summed E-state index contributed by atoms with van der Waals surface area (Å²) in [5.41, 5.74) is 3.55. The molecule has 1 aliphatic rings. The van der Waals surface area contributed by atoms with Crippen LogP contribution in [0.4, 0.5) is 11.4 Å². The zero-order valence-electron chi connectivity index (χ0n) is 23.4. The van der Waals surface area contributed by atoms with Gasteiger partial charge in [-0.05, 0) is 80.6 Å². The normalized spacial score (nSPS) is 16.1. The Labute approximate surface area is 248 Å². The molecule has 0 aromatic heterocycles. The van der Waals surface area contributed by atoms with Crippen molar-refractivity contribution in [1.82, 2.24) is 10.6 Å². The molecule has 8 nitrogen and oxygen atoms in total. The summed E-state index contributed by atoms with van der Waals surface area (Å²) in [6.07, 6.45) is 1.72. The van der Waals surface area contributed by atoms with Gasteiger partial charge in [-0.2, -0.15) is 0 Å². The van der Waals surface area contributed by atoms with Gasteiger partial charge >= 0.3 is 0 Å². The highest BCUT2D eigenvalue weighted by Gasteiger charge is 2.28. The molecule has 0 saturated carbocycles. The molecular formula is C31H39ClN4O4S. The number of carbonyl (C=O) groups excluding carboxylic acids is 1. The number of sulfonamides is 1. The number of hydrogen-bond acceptors (Lipinski definition) is 6. The molecule has 2 atom stereocenters. The van der Waals surface area contributed by atoms with Crippen molar-refractivity contribution in [2.24, 2.45) is 0 Å². The minimum Gasteiger partial charge on any atom is -0.390 e. The third-order valence-corrected chi connectivity index (χ3v) is 9.22. The molecule has 220 valence electrons. The maximum absolute atomic E-state index is 13.6. The molecule has 41 heavy (non-hydrogen) atoms. The zero-order chi connectivity index (χ0) is 29.2. The van der Waals surface area contributed by atoms with Crippen molar-refractivity contribution < 1.29 is 18.3 Å². The lowest BCUT2D eigenvalue weighted by Crippen LogP contribution is -2.49. The van der Waals surface area contributed by atoms with Gasteiger partial charge in [0.25, 0.3) is 5.91 Å². The van der Waals surface area contributed by atoms with E-state index in [1.165, 1.54) is 4.31 Å². The fraction of sp³-hybridized carbons (Fsp3) is 0.387. The number of rotatable bonds is 13. The summed E-state index contributed by atoms with van der Waals surface area (Å²) in [6, 6.07) is 21.9. The molecule has 4 rings (SSSR count). The van der Waals surface area contributed by atoms with Gasteiger partial charge in [0.15, 0.2) is 0 Å². The maximum Gasteiger partial charge on any atom is 0.251 e. The predicted molar refractivity (Wildman–Crippen MR) is 166 cm³/mol. The van der Waals surface area contributed by atoms with Crippen molar-refractivity contribution >= 4 is 38.9 Å². The van der Waals surface area contributed by atoms with Gasteiger partial charge in [0, 0.05) is 35.9 Å². The van der Waals surface area contributed by atoms with Gasteiger partial charge in [-0.25, -0.2) is 8.42 Å². The van der Waals surface area contributed by atoms with E-state index in [9.17, 15) is 18.3 Å². The van der Waals surface area contributed by atoms with Gasteiger partial charge in [0.05, 0.1) is 23.6 Å². The summed E-state index contributed by atoms with van der Waals surface area (Å²) in [5.74, 6) is -0.283. The van der Waals surface area contributed by atoms with Crippen molar-refractivity contribution in [1.29, 1.82) is 0 Å². The number of anilines is 2. The van der Waals surface area contributed by atoms with Crippen LogP contribution in [0.1, 0.15) is 41.3 Å². The van der Waals surface area contributed by atoms with Crippen LogP contribution in [0.2, 0.25) is 5.02 Å². The minimum absolute atomic E-state index is 0.0929. The van der Waals surface area contributed by atoms with E-state index in [0.717, 1.165) is 24.0 Å². The van der Waals surface area contributed by atoms with Gasteiger partial charge in [0.1, 0.15) is 0 Å². The van der Waals surface area contributed by atoms with Gasteiger partial charge in [-0.1, -0.05) is 54.1 Å². The van der Waals surface area contributed by atoms with Crippen molar-refractivity contribution in [2.45, 2.75) is 44.8 Å². The first-order chi connectivity index (χ1) is 19.7. The SMILES string of the molecule is CCNc1cc(C(=O)N[C@@H](Cc2ccccc2)[C@H](O)CNCCc2cccc(Cl)c2)cc(N2CCCCS2(=O)=O)c1. The number of halogens is 1. The van der Waals surface area contributed by atoms with Crippen LogP contribution < -0.4 is 20.3 Å². The van der Waals surface area contributed by atoms with Crippen LogP contribution in [0.3, 0.4) is 0 Å². The Bertz CT molecular complexity index is 1400. The summed E-state index contributed by atoms with van der Waals surface area (Å²) in [5, 5.41) is 21.4. The second-order valence-corrected chi connectivity index (χ2v) is 12.8. The third kappa shape index (κ3) is 8.94. The molecule has 3 aromatic carbocycles. The first kappa shape index (κ1) is 30.8. The monoisotopic (exact) mass is 598 g/mol. The lowest BCUT2D eigenvalue weighted by molar-refractivity contribution is 0.0831. The zero-order valence-corrected chi connectivity index (χ0v) is 24.9. The number of aliphatic hydroxyl groups excluding tert-OH is 1. The summed E-state index contributed by atoms with van der Waals surface area (Å²) in [7, 11) is -3.45. The Kier molecular flexibility index (Phi) is 11.0. The average molecular weight is 599 g/mol. The van der Waals surface area contributed by atoms with Crippen molar-refractivity contribution in [3.05, 3.63) is 94.5 Å². The molecule has 1 amide bonds. The van der Waals surface area contributed by atoms with E-state index in [0.29, 0.717) is 54.4 Å². The van der Waals surface area contributed by atoms with Crippen LogP contribution in [0.15, 0.2) is 72.8 Å². The summed E-state index contributed by atoms with van der Waals surface area (Å²) >= 11 is 6.08. The fourth-order valence-electron chi connectivity index (χ4n) is 4.99. The highest BCUT2D eigenvalue weighted by atomic mass is 35.5. The number of hydrogen-bond donors (Lipinski definition) is 4. The quantitative estimate of drug-likeness (QED) is 0.219. The van der Waals surface area contributed by atoms with Crippen LogP contribution in [-0.2, 0) is 22.9 Å².